The zero-order valence-electron chi connectivity index (χ0n) is 10.6. The number of halogens is 3. The van der Waals surface area contributed by atoms with Crippen LogP contribution in [-0.4, -0.2) is 37.9 Å². The molecule has 1 fully saturated rings. The molecule has 0 bridgehead atoms. The number of hydrogen-bond donors (Lipinski definition) is 0. The lowest BCUT2D eigenvalue weighted by atomic mass is 10.1. The summed E-state index contributed by atoms with van der Waals surface area (Å²) in [7, 11) is -3.19. The van der Waals surface area contributed by atoms with Gasteiger partial charge >= 0.3 is 6.18 Å². The molecule has 0 aromatic heterocycles. The van der Waals surface area contributed by atoms with Crippen molar-refractivity contribution in [2.45, 2.75) is 6.18 Å². The molecule has 0 N–H and O–H groups in total. The molecule has 0 aliphatic carbocycles. The van der Waals surface area contributed by atoms with Crippen LogP contribution < -0.4 is 4.90 Å². The maximum absolute atomic E-state index is 12.8. The first-order valence-electron chi connectivity index (χ1n) is 5.90. The van der Waals surface area contributed by atoms with E-state index in [0.29, 0.717) is 6.07 Å². The molecule has 0 amide bonds. The zero-order valence-corrected chi connectivity index (χ0v) is 11.4. The van der Waals surface area contributed by atoms with E-state index in [9.17, 15) is 31.7 Å². The summed E-state index contributed by atoms with van der Waals surface area (Å²) in [5.41, 5.74) is -1.79. The van der Waals surface area contributed by atoms with Crippen LogP contribution in [0.4, 0.5) is 24.5 Å². The van der Waals surface area contributed by atoms with Crippen molar-refractivity contribution in [3.63, 3.8) is 0 Å². The lowest BCUT2D eigenvalue weighted by Gasteiger charge is -2.29. The van der Waals surface area contributed by atoms with Crippen LogP contribution in [0.15, 0.2) is 18.2 Å². The first kappa shape index (κ1) is 15.5. The van der Waals surface area contributed by atoms with Gasteiger partial charge in [0, 0.05) is 30.9 Å². The van der Waals surface area contributed by atoms with Gasteiger partial charge in [0.1, 0.15) is 0 Å². The summed E-state index contributed by atoms with van der Waals surface area (Å²) in [6.45, 7) is 0.0294. The highest BCUT2D eigenvalue weighted by molar-refractivity contribution is 7.91. The first-order chi connectivity index (χ1) is 9.58. The molecule has 0 spiro atoms. The smallest absolute Gasteiger partial charge is 0.369 e. The van der Waals surface area contributed by atoms with Gasteiger partial charge in [-0.15, -0.1) is 0 Å². The average Bonchev–Trinajstić information content (AvgIpc) is 2.37. The number of non-ortho nitro benzene ring substituents is 1. The molecule has 116 valence electrons. The van der Waals surface area contributed by atoms with Gasteiger partial charge in [-0.2, -0.15) is 13.2 Å². The third-order valence-corrected chi connectivity index (χ3v) is 4.76. The number of alkyl halides is 3. The Balaban J connectivity index is 2.39. The molecule has 0 atom stereocenters. The highest BCUT2D eigenvalue weighted by Crippen LogP contribution is 2.35. The van der Waals surface area contributed by atoms with E-state index in [-0.39, 0.29) is 30.3 Å². The number of hydrogen-bond acceptors (Lipinski definition) is 5. The van der Waals surface area contributed by atoms with Crippen molar-refractivity contribution < 1.29 is 26.5 Å². The highest BCUT2D eigenvalue weighted by atomic mass is 32.2. The molecule has 1 saturated heterocycles. The molecule has 1 heterocycles. The minimum absolute atomic E-state index is 0.00595. The van der Waals surface area contributed by atoms with Gasteiger partial charge in [0.15, 0.2) is 9.84 Å². The summed E-state index contributed by atoms with van der Waals surface area (Å²) in [5, 5.41) is 10.7. The third-order valence-electron chi connectivity index (χ3n) is 3.15. The number of rotatable bonds is 2. The summed E-state index contributed by atoms with van der Waals surface area (Å²) in [5.74, 6) is -0.367. The van der Waals surface area contributed by atoms with Crippen molar-refractivity contribution in [2.24, 2.45) is 0 Å². The van der Waals surface area contributed by atoms with Crippen molar-refractivity contribution >= 4 is 21.2 Å². The van der Waals surface area contributed by atoms with Crippen molar-refractivity contribution in [3.05, 3.63) is 33.9 Å². The molecule has 1 aliphatic rings. The molecule has 1 aromatic carbocycles. The van der Waals surface area contributed by atoms with Crippen molar-refractivity contribution in [1.82, 2.24) is 0 Å². The van der Waals surface area contributed by atoms with E-state index in [2.05, 4.69) is 0 Å². The molecule has 1 aromatic rings. The maximum Gasteiger partial charge on any atom is 0.416 e. The van der Waals surface area contributed by atoms with E-state index in [1.807, 2.05) is 0 Å². The van der Waals surface area contributed by atoms with Crippen LogP contribution in [0.5, 0.6) is 0 Å². The van der Waals surface area contributed by atoms with Crippen LogP contribution in [0, 0.1) is 10.1 Å². The lowest BCUT2D eigenvalue weighted by Crippen LogP contribution is -2.40. The molecule has 2 rings (SSSR count). The van der Waals surface area contributed by atoms with Gasteiger partial charge in [-0.25, -0.2) is 8.42 Å². The van der Waals surface area contributed by atoms with E-state index in [1.54, 1.807) is 0 Å². The predicted molar refractivity (Wildman–Crippen MR) is 69.0 cm³/mol. The number of anilines is 1. The molecular weight excluding hydrogens is 313 g/mol. The Hall–Kier alpha value is -1.84. The maximum atomic E-state index is 12.8. The average molecular weight is 324 g/mol. The molecular formula is C11H11F3N2O4S. The molecule has 0 unspecified atom stereocenters. The fourth-order valence-electron chi connectivity index (χ4n) is 2.02. The molecule has 10 heteroatoms. The van der Waals surface area contributed by atoms with Crippen LogP contribution in [-0.2, 0) is 16.0 Å². The largest absolute Gasteiger partial charge is 0.416 e. The van der Waals surface area contributed by atoms with Crippen LogP contribution in [0.3, 0.4) is 0 Å². The van der Waals surface area contributed by atoms with Crippen LogP contribution in [0.2, 0.25) is 0 Å². The summed E-state index contributed by atoms with van der Waals surface area (Å²) in [6.07, 6.45) is -4.71. The molecule has 0 saturated carbocycles. The number of benzene rings is 1. The zero-order chi connectivity index (χ0) is 15.8. The summed E-state index contributed by atoms with van der Waals surface area (Å²) in [6, 6.07) is 2.28. The van der Waals surface area contributed by atoms with Gasteiger partial charge in [-0.3, -0.25) is 10.1 Å². The second-order valence-electron chi connectivity index (χ2n) is 4.63. The van der Waals surface area contributed by atoms with Gasteiger partial charge in [0.25, 0.3) is 5.69 Å². The molecule has 21 heavy (non-hydrogen) atoms. The minimum Gasteiger partial charge on any atom is -0.369 e. The molecule has 1 aliphatic heterocycles. The Kier molecular flexibility index (Phi) is 3.83. The number of nitro benzene ring substituents is 1. The minimum atomic E-state index is -4.71. The van der Waals surface area contributed by atoms with E-state index in [0.717, 1.165) is 12.1 Å². The first-order valence-corrected chi connectivity index (χ1v) is 7.73. The fourth-order valence-corrected chi connectivity index (χ4v) is 3.22. The van der Waals surface area contributed by atoms with E-state index in [1.165, 1.54) is 4.90 Å². The predicted octanol–water partition coefficient (Wildman–Crippen LogP) is 1.85. The second kappa shape index (κ2) is 5.17. The Bertz CT molecular complexity index is 659. The van der Waals surface area contributed by atoms with Gasteiger partial charge in [0.05, 0.1) is 22.0 Å². The Morgan fingerprint density at radius 3 is 2.19 bits per heavy atom. The Morgan fingerprint density at radius 2 is 1.71 bits per heavy atom. The van der Waals surface area contributed by atoms with Gasteiger partial charge < -0.3 is 4.90 Å². The van der Waals surface area contributed by atoms with Crippen LogP contribution in [0.25, 0.3) is 0 Å². The summed E-state index contributed by atoms with van der Waals surface area (Å²) < 4.78 is 60.9. The fraction of sp³-hybridized carbons (Fsp3) is 0.455. The second-order valence-corrected chi connectivity index (χ2v) is 6.94. The van der Waals surface area contributed by atoms with Gasteiger partial charge in [-0.05, 0) is 6.07 Å². The van der Waals surface area contributed by atoms with E-state index >= 15 is 0 Å². The quantitative estimate of drug-likeness (QED) is 0.612. The normalized spacial score (nSPS) is 18.5. The van der Waals surface area contributed by atoms with Crippen molar-refractivity contribution in [1.29, 1.82) is 0 Å². The van der Waals surface area contributed by atoms with Gasteiger partial charge in [0.2, 0.25) is 0 Å². The summed E-state index contributed by atoms with van der Waals surface area (Å²) in [4.78, 5) is 11.2. The topological polar surface area (TPSA) is 80.5 Å². The van der Waals surface area contributed by atoms with E-state index in [4.69, 9.17) is 0 Å². The van der Waals surface area contributed by atoms with Crippen molar-refractivity contribution in [2.75, 3.05) is 29.5 Å². The number of sulfone groups is 1. The monoisotopic (exact) mass is 324 g/mol. The van der Waals surface area contributed by atoms with Crippen LogP contribution >= 0.6 is 0 Å². The van der Waals surface area contributed by atoms with Crippen molar-refractivity contribution in [3.8, 4) is 0 Å². The molecule has 0 radical (unpaired) electrons. The highest BCUT2D eigenvalue weighted by Gasteiger charge is 2.34. The standard InChI is InChI=1S/C11H11F3N2O4S/c12-11(13,14)8-5-9(7-10(6-8)16(17)18)15-1-3-21(19,20)4-2-15/h5-7H,1-4H2. The number of nitro groups is 1. The van der Waals surface area contributed by atoms with E-state index < -0.39 is 32.2 Å². The Morgan fingerprint density at radius 1 is 1.14 bits per heavy atom. The summed E-state index contributed by atoms with van der Waals surface area (Å²) >= 11 is 0. The van der Waals surface area contributed by atoms with Gasteiger partial charge in [-0.1, -0.05) is 0 Å². The molecule has 6 nitrogen and oxygen atoms in total. The van der Waals surface area contributed by atoms with Crippen LogP contribution in [0.1, 0.15) is 5.56 Å². The Labute approximate surface area is 118 Å². The third kappa shape index (κ3) is 3.63. The lowest BCUT2D eigenvalue weighted by molar-refractivity contribution is -0.385. The SMILES string of the molecule is O=[N+]([O-])c1cc(N2CCS(=O)(=O)CC2)cc(C(F)(F)F)c1. The number of nitrogens with zero attached hydrogens (tertiary/aromatic N) is 2.